The minimum atomic E-state index is -1.98. The zero-order chi connectivity index (χ0) is 34.1. The Balaban J connectivity index is 1.41. The Bertz CT molecular complexity index is 1770. The summed E-state index contributed by atoms with van der Waals surface area (Å²) in [6, 6.07) is 28.9. The quantitative estimate of drug-likeness (QED) is 0.113. The maximum atomic E-state index is 6.71. The number of nitrogens with zero attached hydrogens (tertiary/aromatic N) is 4. The Morgan fingerprint density at radius 2 is 1.44 bits per heavy atom. The lowest BCUT2D eigenvalue weighted by Gasteiger charge is -2.37. The molecular weight excluding hydrogens is 619 g/mol. The average molecular weight is 666 g/mol. The Hall–Kier alpha value is -4.09. The smallest absolute Gasteiger partial charge is 0.192 e. The van der Waals surface area contributed by atoms with E-state index in [-0.39, 0.29) is 29.4 Å². The predicted molar refractivity (Wildman–Crippen MR) is 192 cm³/mol. The van der Waals surface area contributed by atoms with Crippen LogP contribution in [0.2, 0.25) is 18.1 Å². The van der Waals surface area contributed by atoms with E-state index in [1.165, 1.54) is 0 Å². The molecular formula is C38H47N5O4Si. The van der Waals surface area contributed by atoms with E-state index < -0.39 is 13.9 Å². The molecule has 0 spiro atoms. The van der Waals surface area contributed by atoms with Crippen molar-refractivity contribution in [3.63, 3.8) is 0 Å². The molecule has 0 aliphatic carbocycles. The number of anilines is 1. The summed E-state index contributed by atoms with van der Waals surface area (Å²) in [5.41, 5.74) is 3.63. The lowest BCUT2D eigenvalue weighted by atomic mass is 9.77. The zero-order valence-electron chi connectivity index (χ0n) is 29.2. The first-order valence-corrected chi connectivity index (χ1v) is 19.4. The number of ether oxygens (including phenoxy) is 3. The third-order valence-corrected chi connectivity index (χ3v) is 14.7. The maximum Gasteiger partial charge on any atom is 0.192 e. The van der Waals surface area contributed by atoms with Crippen molar-refractivity contribution in [3.8, 4) is 5.75 Å². The Kier molecular flexibility index (Phi) is 9.45. The van der Waals surface area contributed by atoms with Gasteiger partial charge in [-0.3, -0.25) is 4.57 Å². The van der Waals surface area contributed by atoms with Crippen LogP contribution in [0.1, 0.15) is 50.6 Å². The lowest BCUT2D eigenvalue weighted by Crippen LogP contribution is -2.44. The van der Waals surface area contributed by atoms with Crippen molar-refractivity contribution in [2.45, 2.75) is 69.8 Å². The summed E-state index contributed by atoms with van der Waals surface area (Å²) in [6.07, 6.45) is 2.68. The molecule has 0 amide bonds. The predicted octanol–water partition coefficient (Wildman–Crippen LogP) is 7.81. The molecule has 6 rings (SSSR count). The summed E-state index contributed by atoms with van der Waals surface area (Å²) < 4.78 is 26.8. The molecule has 3 heterocycles. The van der Waals surface area contributed by atoms with Gasteiger partial charge in [0.1, 0.15) is 29.9 Å². The van der Waals surface area contributed by atoms with E-state index in [0.717, 1.165) is 22.4 Å². The van der Waals surface area contributed by atoms with Crippen LogP contribution in [-0.4, -0.2) is 60.9 Å². The van der Waals surface area contributed by atoms with Gasteiger partial charge in [-0.15, -0.1) is 0 Å². The third-order valence-electron chi connectivity index (χ3n) is 10.2. The highest BCUT2D eigenvalue weighted by molar-refractivity contribution is 6.74. The summed E-state index contributed by atoms with van der Waals surface area (Å²) in [5.74, 6) is 1.41. The summed E-state index contributed by atoms with van der Waals surface area (Å²) in [4.78, 5) is 14.4. The highest BCUT2D eigenvalue weighted by Crippen LogP contribution is 2.43. The first-order valence-electron chi connectivity index (χ1n) is 16.5. The second-order valence-electron chi connectivity index (χ2n) is 14.1. The van der Waals surface area contributed by atoms with E-state index in [4.69, 9.17) is 33.6 Å². The minimum absolute atomic E-state index is 0.0267. The highest BCUT2D eigenvalue weighted by atomic mass is 28.4. The normalized spacial score (nSPS) is 20.2. The van der Waals surface area contributed by atoms with Gasteiger partial charge >= 0.3 is 0 Å². The van der Waals surface area contributed by atoms with E-state index in [2.05, 4.69) is 107 Å². The van der Waals surface area contributed by atoms with Crippen LogP contribution < -0.4 is 10.1 Å². The molecule has 3 aromatic carbocycles. The topological polar surface area (TPSA) is 92.6 Å². The summed E-state index contributed by atoms with van der Waals surface area (Å²) in [6.45, 7) is 13.9. The molecule has 5 aromatic rings. The van der Waals surface area contributed by atoms with Gasteiger partial charge in [-0.1, -0.05) is 100 Å². The Morgan fingerprint density at radius 3 is 2.00 bits per heavy atom. The standard InChI is InChI=1S/C38H47N5O4Si/c1-26-33(45-6)31(23-46-48(7,8)37(2,3)4)47-36(26)43-25-41-32-34(39-24-40-35(32)43)42-38(27-15-11-9-12-16-27,28-17-13-10-14-18-28)29-19-21-30(44-5)22-20-29/h9-22,24-26,31,33,36H,23H2,1-8H3,(H,39,40,42)/t26?,31-,33?,36-/m1/s1. The molecule has 10 heteroatoms. The van der Waals surface area contributed by atoms with E-state index in [0.29, 0.717) is 23.6 Å². The van der Waals surface area contributed by atoms with E-state index in [9.17, 15) is 0 Å². The lowest BCUT2D eigenvalue weighted by molar-refractivity contribution is -0.0490. The fraction of sp³-hybridized carbons (Fsp3) is 0.395. The molecule has 1 aliphatic heterocycles. The monoisotopic (exact) mass is 665 g/mol. The SMILES string of the molecule is COc1ccc(C(Nc2ncnc3c2ncn3[C@@H]2O[C@H](CO[Si](C)(C)C(C)(C)C)C(OC)C2C)(c2ccccc2)c2ccccc2)cc1. The molecule has 1 aliphatic rings. The Labute approximate surface area is 284 Å². The van der Waals surface area contributed by atoms with Crippen molar-refractivity contribution < 1.29 is 18.6 Å². The summed E-state index contributed by atoms with van der Waals surface area (Å²) in [7, 11) is 1.44. The number of nitrogens with one attached hydrogen (secondary N) is 1. The number of imidazole rings is 1. The number of hydrogen-bond acceptors (Lipinski definition) is 8. The van der Waals surface area contributed by atoms with E-state index >= 15 is 0 Å². The highest BCUT2D eigenvalue weighted by Gasteiger charge is 2.46. The minimum Gasteiger partial charge on any atom is -0.497 e. The van der Waals surface area contributed by atoms with Crippen LogP contribution in [0.25, 0.3) is 11.2 Å². The first-order chi connectivity index (χ1) is 23.0. The fourth-order valence-corrected chi connectivity index (χ4v) is 7.46. The molecule has 1 N–H and O–H groups in total. The average Bonchev–Trinajstić information content (AvgIpc) is 3.67. The van der Waals surface area contributed by atoms with Crippen LogP contribution in [0.4, 0.5) is 5.82 Å². The van der Waals surface area contributed by atoms with Gasteiger partial charge < -0.3 is 24.0 Å². The van der Waals surface area contributed by atoms with Gasteiger partial charge in [0.05, 0.1) is 26.1 Å². The number of fused-ring (bicyclic) bond motifs is 1. The number of methoxy groups -OCH3 is 2. The summed E-state index contributed by atoms with van der Waals surface area (Å²) in [5, 5.41) is 3.97. The van der Waals surface area contributed by atoms with Crippen LogP contribution in [-0.2, 0) is 19.4 Å². The van der Waals surface area contributed by atoms with Gasteiger partial charge in [0, 0.05) is 13.0 Å². The van der Waals surface area contributed by atoms with E-state index in [1.807, 2.05) is 28.8 Å². The summed E-state index contributed by atoms with van der Waals surface area (Å²) >= 11 is 0. The molecule has 0 bridgehead atoms. The van der Waals surface area contributed by atoms with Crippen molar-refractivity contribution in [1.82, 2.24) is 19.5 Å². The van der Waals surface area contributed by atoms with Crippen LogP contribution in [0.5, 0.6) is 5.75 Å². The molecule has 2 aromatic heterocycles. The molecule has 1 saturated heterocycles. The van der Waals surface area contributed by atoms with Crippen LogP contribution >= 0.6 is 0 Å². The van der Waals surface area contributed by atoms with Gasteiger partial charge in [0.2, 0.25) is 0 Å². The van der Waals surface area contributed by atoms with Gasteiger partial charge in [-0.2, -0.15) is 0 Å². The second kappa shape index (κ2) is 13.4. The molecule has 48 heavy (non-hydrogen) atoms. The molecule has 2 unspecified atom stereocenters. The van der Waals surface area contributed by atoms with E-state index in [1.54, 1.807) is 26.9 Å². The van der Waals surface area contributed by atoms with Crippen molar-refractivity contribution in [3.05, 3.63) is 114 Å². The van der Waals surface area contributed by atoms with Gasteiger partial charge in [0.25, 0.3) is 0 Å². The molecule has 1 fully saturated rings. The maximum absolute atomic E-state index is 6.71. The van der Waals surface area contributed by atoms with Crippen molar-refractivity contribution in [2.75, 3.05) is 26.1 Å². The number of hydrogen-bond donors (Lipinski definition) is 1. The van der Waals surface area contributed by atoms with Crippen molar-refractivity contribution in [1.29, 1.82) is 0 Å². The van der Waals surface area contributed by atoms with Crippen molar-refractivity contribution in [2.24, 2.45) is 5.92 Å². The molecule has 4 atom stereocenters. The van der Waals surface area contributed by atoms with Crippen LogP contribution in [0.15, 0.2) is 97.6 Å². The number of benzene rings is 3. The van der Waals surface area contributed by atoms with Gasteiger partial charge in [-0.25, -0.2) is 15.0 Å². The largest absolute Gasteiger partial charge is 0.497 e. The van der Waals surface area contributed by atoms with Gasteiger partial charge in [0.15, 0.2) is 25.3 Å². The van der Waals surface area contributed by atoms with Crippen molar-refractivity contribution >= 4 is 25.3 Å². The van der Waals surface area contributed by atoms with Crippen LogP contribution in [0, 0.1) is 5.92 Å². The number of aromatic nitrogens is 4. The Morgan fingerprint density at radius 1 is 0.833 bits per heavy atom. The fourth-order valence-electron chi connectivity index (χ4n) is 6.45. The molecule has 0 radical (unpaired) electrons. The van der Waals surface area contributed by atoms with Gasteiger partial charge in [-0.05, 0) is 47.0 Å². The molecule has 252 valence electrons. The zero-order valence-corrected chi connectivity index (χ0v) is 30.2. The molecule has 9 nitrogen and oxygen atoms in total. The van der Waals surface area contributed by atoms with Crippen LogP contribution in [0.3, 0.4) is 0 Å². The second-order valence-corrected chi connectivity index (χ2v) is 18.9. The first kappa shape index (κ1) is 33.8. The number of rotatable bonds is 11. The molecule has 0 saturated carbocycles. The third kappa shape index (κ3) is 6.14.